The van der Waals surface area contributed by atoms with Crippen molar-refractivity contribution in [2.45, 2.75) is 32.4 Å². The fraction of sp³-hybridized carbons (Fsp3) is 0.345. The summed E-state index contributed by atoms with van der Waals surface area (Å²) in [6.45, 7) is 2.71. The molecule has 4 heterocycles. The molecule has 0 radical (unpaired) electrons. The number of ether oxygens (including phenoxy) is 2. The molecule has 0 aliphatic heterocycles. The Morgan fingerprint density at radius 1 is 0.846 bits per heavy atom. The highest BCUT2D eigenvalue weighted by atomic mass is 16.5. The van der Waals surface area contributed by atoms with Crippen molar-refractivity contribution in [2.24, 2.45) is 7.05 Å². The molecule has 0 fully saturated rings. The summed E-state index contributed by atoms with van der Waals surface area (Å²) in [4.78, 5) is 9.73. The Bertz CT molecular complexity index is 1580. The van der Waals surface area contributed by atoms with Gasteiger partial charge < -0.3 is 9.47 Å². The molecule has 0 atom stereocenters. The monoisotopic (exact) mass is 524 g/mol. The molecule has 0 bridgehead atoms. The van der Waals surface area contributed by atoms with Crippen LogP contribution in [-0.2, 0) is 48.9 Å². The lowest BCUT2D eigenvalue weighted by atomic mass is 9.91. The van der Waals surface area contributed by atoms with Gasteiger partial charge in [0.15, 0.2) is 0 Å². The van der Waals surface area contributed by atoms with Crippen LogP contribution < -0.4 is 0 Å². The van der Waals surface area contributed by atoms with Crippen LogP contribution >= 0.6 is 0 Å². The number of aromatic nitrogens is 8. The van der Waals surface area contributed by atoms with E-state index in [-0.39, 0.29) is 0 Å². The Morgan fingerprint density at radius 2 is 1.62 bits per heavy atom. The minimum Gasteiger partial charge on any atom is -0.383 e. The van der Waals surface area contributed by atoms with Gasteiger partial charge in [0.2, 0.25) is 0 Å². The average molecular weight is 525 g/mol. The van der Waals surface area contributed by atoms with E-state index in [0.29, 0.717) is 19.6 Å². The van der Waals surface area contributed by atoms with Gasteiger partial charge in [0.1, 0.15) is 5.82 Å². The van der Waals surface area contributed by atoms with Crippen LogP contribution in [0.15, 0.2) is 55.1 Å². The summed E-state index contributed by atoms with van der Waals surface area (Å²) >= 11 is 0. The van der Waals surface area contributed by atoms with Crippen LogP contribution in [0.3, 0.4) is 0 Å². The lowest BCUT2D eigenvalue weighted by molar-refractivity contribution is 0.183. The van der Waals surface area contributed by atoms with Crippen molar-refractivity contribution >= 4 is 0 Å². The molecule has 0 amide bonds. The second kappa shape index (κ2) is 10.9. The summed E-state index contributed by atoms with van der Waals surface area (Å²) in [7, 11) is 5.40. The zero-order chi connectivity index (χ0) is 26.8. The Hall–Kier alpha value is -4.15. The number of aryl methyl sites for hydroxylation is 3. The number of hydrogen-bond donors (Lipinski definition) is 0. The van der Waals surface area contributed by atoms with Gasteiger partial charge in [-0.3, -0.25) is 14.0 Å². The van der Waals surface area contributed by atoms with E-state index in [1.165, 1.54) is 0 Å². The molecule has 1 aliphatic carbocycles. The maximum atomic E-state index is 5.16. The summed E-state index contributed by atoms with van der Waals surface area (Å²) < 4.78 is 16.1. The van der Waals surface area contributed by atoms with Crippen LogP contribution in [0, 0.1) is 0 Å². The highest BCUT2D eigenvalue weighted by molar-refractivity contribution is 5.84. The van der Waals surface area contributed by atoms with Crippen molar-refractivity contribution in [2.75, 3.05) is 27.4 Å². The van der Waals surface area contributed by atoms with Gasteiger partial charge in [-0.15, -0.1) is 0 Å². The lowest BCUT2D eigenvalue weighted by Crippen LogP contribution is -2.09. The second-order valence-corrected chi connectivity index (χ2v) is 9.76. The summed E-state index contributed by atoms with van der Waals surface area (Å²) in [6.07, 6.45) is 10.2. The van der Waals surface area contributed by atoms with Crippen LogP contribution in [0.5, 0.6) is 0 Å². The van der Waals surface area contributed by atoms with E-state index in [2.05, 4.69) is 45.6 Å². The third kappa shape index (κ3) is 5.13. The third-order valence-corrected chi connectivity index (χ3v) is 7.11. The van der Waals surface area contributed by atoms with Gasteiger partial charge in [-0.05, 0) is 30.0 Å². The fourth-order valence-corrected chi connectivity index (χ4v) is 5.13. The minimum absolute atomic E-state index is 0.574. The molecule has 39 heavy (non-hydrogen) atoms. The van der Waals surface area contributed by atoms with Crippen molar-refractivity contribution in [3.05, 3.63) is 77.9 Å². The third-order valence-electron chi connectivity index (χ3n) is 7.11. The topological polar surface area (TPSA) is 97.7 Å². The van der Waals surface area contributed by atoms with Gasteiger partial charge in [-0.25, -0.2) is 9.97 Å². The molecule has 10 heteroatoms. The molecule has 1 aromatic carbocycles. The Balaban J connectivity index is 1.29. The molecular formula is C29H32N8O2. The van der Waals surface area contributed by atoms with E-state index in [1.54, 1.807) is 14.2 Å². The highest BCUT2D eigenvalue weighted by Crippen LogP contribution is 2.39. The molecule has 6 rings (SSSR count). The van der Waals surface area contributed by atoms with Crippen molar-refractivity contribution in [1.82, 2.24) is 39.3 Å². The van der Waals surface area contributed by atoms with Gasteiger partial charge in [0.25, 0.3) is 0 Å². The largest absolute Gasteiger partial charge is 0.383 e. The van der Waals surface area contributed by atoms with Gasteiger partial charge in [0, 0.05) is 56.5 Å². The number of benzene rings is 1. The van der Waals surface area contributed by atoms with Crippen molar-refractivity contribution in [3.8, 4) is 33.6 Å². The predicted molar refractivity (Wildman–Crippen MR) is 147 cm³/mol. The summed E-state index contributed by atoms with van der Waals surface area (Å²) in [5.41, 5.74) is 9.64. The number of nitrogens with zero attached hydrogens (tertiary/aromatic N) is 8. The summed E-state index contributed by atoms with van der Waals surface area (Å²) in [5, 5.41) is 14.0. The number of rotatable bonds is 10. The Morgan fingerprint density at radius 3 is 2.41 bits per heavy atom. The molecule has 1 aliphatic rings. The molecule has 10 nitrogen and oxygen atoms in total. The molecule has 4 aromatic heterocycles. The first kappa shape index (κ1) is 25.1. The summed E-state index contributed by atoms with van der Waals surface area (Å²) in [5.74, 6) is 0.759. The molecule has 200 valence electrons. The van der Waals surface area contributed by atoms with Gasteiger partial charge in [0.05, 0.1) is 61.7 Å². The number of methoxy groups -OCH3 is 2. The predicted octanol–water partition coefficient (Wildman–Crippen LogP) is 3.59. The smallest absolute Gasteiger partial charge is 0.134 e. The van der Waals surface area contributed by atoms with Crippen LogP contribution in [0.25, 0.3) is 33.6 Å². The minimum atomic E-state index is 0.574. The standard InChI is InChI=1S/C29H32N8O2/c1-35-29(21-6-4-20(5-7-21)23-18-31-37(19-23)13-15-39-3)27-25(34-35)9-8-22-17-30-26(32-28(22)27)16-24-10-11-36(33-24)12-14-38-2/h4-7,10-11,17-19H,8-9,12-16H2,1-3H3. The second-order valence-electron chi connectivity index (χ2n) is 9.76. The van der Waals surface area contributed by atoms with Crippen LogP contribution in [0.1, 0.15) is 22.8 Å². The van der Waals surface area contributed by atoms with Crippen LogP contribution in [-0.4, -0.2) is 66.7 Å². The van der Waals surface area contributed by atoms with E-state index in [0.717, 1.165) is 82.3 Å². The van der Waals surface area contributed by atoms with Gasteiger partial charge >= 0.3 is 0 Å². The molecule has 0 spiro atoms. The SMILES string of the molecule is COCCn1cc(-c2ccc(-c3c4c(nn3C)CCc3cnc(Cc5ccn(CCOC)n5)nc3-4)cc2)cn1. The fourth-order valence-electron chi connectivity index (χ4n) is 5.13. The number of hydrogen-bond acceptors (Lipinski definition) is 7. The van der Waals surface area contributed by atoms with E-state index in [4.69, 9.17) is 19.6 Å². The Labute approximate surface area is 227 Å². The van der Waals surface area contributed by atoms with E-state index in [1.807, 2.05) is 45.7 Å². The average Bonchev–Trinajstić information content (AvgIpc) is 3.69. The molecule has 0 saturated heterocycles. The quantitative estimate of drug-likeness (QED) is 0.275. The molecule has 0 saturated carbocycles. The Kier molecular flexibility index (Phi) is 7.04. The van der Waals surface area contributed by atoms with Gasteiger partial charge in [-0.2, -0.15) is 15.3 Å². The van der Waals surface area contributed by atoms with Crippen molar-refractivity contribution < 1.29 is 9.47 Å². The zero-order valence-corrected chi connectivity index (χ0v) is 22.5. The maximum absolute atomic E-state index is 5.16. The molecule has 0 N–H and O–H groups in total. The van der Waals surface area contributed by atoms with E-state index >= 15 is 0 Å². The first-order valence-corrected chi connectivity index (χ1v) is 13.2. The van der Waals surface area contributed by atoms with Gasteiger partial charge in [-0.1, -0.05) is 24.3 Å². The molecular weight excluding hydrogens is 492 g/mol. The van der Waals surface area contributed by atoms with Crippen molar-refractivity contribution in [1.29, 1.82) is 0 Å². The first-order valence-electron chi connectivity index (χ1n) is 13.2. The van der Waals surface area contributed by atoms with Crippen molar-refractivity contribution in [3.63, 3.8) is 0 Å². The van der Waals surface area contributed by atoms with Crippen LogP contribution in [0.4, 0.5) is 0 Å². The van der Waals surface area contributed by atoms with E-state index in [9.17, 15) is 0 Å². The zero-order valence-electron chi connectivity index (χ0n) is 22.5. The van der Waals surface area contributed by atoms with E-state index < -0.39 is 0 Å². The summed E-state index contributed by atoms with van der Waals surface area (Å²) in [6, 6.07) is 10.6. The molecule has 0 unspecified atom stereocenters. The molecule has 5 aromatic rings. The number of fused-ring (bicyclic) bond motifs is 3. The first-order chi connectivity index (χ1) is 19.1. The normalized spacial score (nSPS) is 12.5. The lowest BCUT2D eigenvalue weighted by Gasteiger charge is -2.16. The van der Waals surface area contributed by atoms with Crippen LogP contribution in [0.2, 0.25) is 0 Å². The maximum Gasteiger partial charge on any atom is 0.134 e. The highest BCUT2D eigenvalue weighted by Gasteiger charge is 2.27.